The van der Waals surface area contributed by atoms with Crippen molar-refractivity contribution >= 4 is 11.7 Å². The molecule has 0 bridgehead atoms. The zero-order valence-electron chi connectivity index (χ0n) is 14.5. The largest absolute Gasteiger partial charge is 0.489 e. The van der Waals surface area contributed by atoms with Crippen LogP contribution < -0.4 is 9.47 Å². The third-order valence-electron chi connectivity index (χ3n) is 3.70. The number of hydrogen-bond acceptors (Lipinski definition) is 6. The second-order valence-corrected chi connectivity index (χ2v) is 5.49. The molecular formula is C18H18FNO6. The average molecular weight is 363 g/mol. The van der Waals surface area contributed by atoms with Gasteiger partial charge in [0.05, 0.1) is 12.0 Å². The lowest BCUT2D eigenvalue weighted by atomic mass is 10.1. The molecule has 8 heteroatoms. The maximum Gasteiger partial charge on any atom is 0.346 e. The normalized spacial score (nSPS) is 11.5. The summed E-state index contributed by atoms with van der Waals surface area (Å²) < 4.78 is 29.5. The fraction of sp³-hybridized carbons (Fsp3) is 0.278. The van der Waals surface area contributed by atoms with E-state index < -0.39 is 28.5 Å². The van der Waals surface area contributed by atoms with Gasteiger partial charge in [0.25, 0.3) is 0 Å². The zero-order chi connectivity index (χ0) is 19.3. The van der Waals surface area contributed by atoms with Gasteiger partial charge in [-0.3, -0.25) is 10.1 Å². The van der Waals surface area contributed by atoms with E-state index in [0.717, 1.165) is 17.7 Å². The van der Waals surface area contributed by atoms with Crippen LogP contribution >= 0.6 is 0 Å². The Hall–Kier alpha value is -3.16. The maximum absolute atomic E-state index is 13.7. The summed E-state index contributed by atoms with van der Waals surface area (Å²) in [4.78, 5) is 21.4. The summed E-state index contributed by atoms with van der Waals surface area (Å²) in [5.74, 6) is -0.919. The maximum atomic E-state index is 13.7. The van der Waals surface area contributed by atoms with E-state index in [9.17, 15) is 19.3 Å². The molecule has 0 fully saturated rings. The molecule has 0 aliphatic rings. The Morgan fingerprint density at radius 2 is 2.04 bits per heavy atom. The number of rotatable bonds is 7. The molecule has 0 amide bonds. The number of nitrogens with zero attached hydrogens (tertiary/aromatic N) is 1. The van der Waals surface area contributed by atoms with Crippen molar-refractivity contribution in [2.45, 2.75) is 26.6 Å². The predicted molar refractivity (Wildman–Crippen MR) is 90.7 cm³/mol. The molecule has 2 rings (SSSR count). The first-order valence-corrected chi connectivity index (χ1v) is 7.73. The van der Waals surface area contributed by atoms with Crippen molar-refractivity contribution < 1.29 is 28.3 Å². The van der Waals surface area contributed by atoms with Crippen molar-refractivity contribution in [3.8, 4) is 11.5 Å². The van der Waals surface area contributed by atoms with Crippen LogP contribution in [0.5, 0.6) is 11.5 Å². The third kappa shape index (κ3) is 4.47. The third-order valence-corrected chi connectivity index (χ3v) is 3.70. The highest BCUT2D eigenvalue weighted by Gasteiger charge is 2.18. The lowest BCUT2D eigenvalue weighted by molar-refractivity contribution is -0.387. The van der Waals surface area contributed by atoms with Crippen LogP contribution in [0.3, 0.4) is 0 Å². The number of methoxy groups -OCH3 is 1. The van der Waals surface area contributed by atoms with E-state index in [-0.39, 0.29) is 12.4 Å². The van der Waals surface area contributed by atoms with Crippen LogP contribution in [0.25, 0.3) is 0 Å². The molecule has 0 heterocycles. The lowest BCUT2D eigenvalue weighted by Crippen LogP contribution is -2.25. The summed E-state index contributed by atoms with van der Waals surface area (Å²) in [5, 5.41) is 10.7. The van der Waals surface area contributed by atoms with E-state index in [4.69, 9.17) is 9.47 Å². The molecular weight excluding hydrogens is 345 g/mol. The molecule has 26 heavy (non-hydrogen) atoms. The molecule has 0 aliphatic carbocycles. The standard InChI is InChI=1S/C18H18FNO6/c1-11-5-4-6-17(26-12(2)18(21)24-3)14(11)10-25-13-7-8-16(20(22)23)15(19)9-13/h4-9,12H,10H2,1-3H3. The van der Waals surface area contributed by atoms with Gasteiger partial charge in [-0.15, -0.1) is 0 Å². The number of ether oxygens (including phenoxy) is 3. The van der Waals surface area contributed by atoms with Crippen LogP contribution in [-0.2, 0) is 16.1 Å². The van der Waals surface area contributed by atoms with Crippen LogP contribution in [0, 0.1) is 22.9 Å². The van der Waals surface area contributed by atoms with Crippen molar-refractivity contribution in [3.05, 3.63) is 63.5 Å². The van der Waals surface area contributed by atoms with Crippen LogP contribution in [0.4, 0.5) is 10.1 Å². The van der Waals surface area contributed by atoms with Crippen LogP contribution in [-0.4, -0.2) is 24.1 Å². The quantitative estimate of drug-likeness (QED) is 0.425. The molecule has 138 valence electrons. The molecule has 0 radical (unpaired) electrons. The van der Waals surface area contributed by atoms with E-state index in [1.807, 2.05) is 13.0 Å². The van der Waals surface area contributed by atoms with Gasteiger partial charge < -0.3 is 14.2 Å². The number of carbonyl (C=O) groups excluding carboxylic acids is 1. The van der Waals surface area contributed by atoms with Gasteiger partial charge in [-0.1, -0.05) is 12.1 Å². The summed E-state index contributed by atoms with van der Waals surface area (Å²) in [6.07, 6.45) is -0.808. The van der Waals surface area contributed by atoms with Gasteiger partial charge in [-0.25, -0.2) is 4.79 Å². The first-order chi connectivity index (χ1) is 12.3. The second-order valence-electron chi connectivity index (χ2n) is 5.49. The molecule has 0 saturated carbocycles. The number of hydrogen-bond donors (Lipinski definition) is 0. The van der Waals surface area contributed by atoms with Gasteiger partial charge >= 0.3 is 11.7 Å². The van der Waals surface area contributed by atoms with Gasteiger partial charge in [-0.05, 0) is 31.5 Å². The predicted octanol–water partition coefficient (Wildman–Crippen LogP) is 3.56. The number of halogens is 1. The number of carbonyl (C=O) groups is 1. The number of esters is 1. The molecule has 0 spiro atoms. The van der Waals surface area contributed by atoms with Crippen molar-refractivity contribution in [2.24, 2.45) is 0 Å². The Kier molecular flexibility index (Phi) is 6.11. The van der Waals surface area contributed by atoms with E-state index in [1.54, 1.807) is 19.1 Å². The highest BCUT2D eigenvalue weighted by atomic mass is 19.1. The Morgan fingerprint density at radius 1 is 1.31 bits per heavy atom. The molecule has 0 aliphatic heterocycles. The molecule has 7 nitrogen and oxygen atoms in total. The monoisotopic (exact) mass is 363 g/mol. The lowest BCUT2D eigenvalue weighted by Gasteiger charge is -2.17. The second kappa shape index (κ2) is 8.28. The highest BCUT2D eigenvalue weighted by molar-refractivity contribution is 5.74. The number of aryl methyl sites for hydroxylation is 1. The fourth-order valence-electron chi connectivity index (χ4n) is 2.26. The van der Waals surface area contributed by atoms with Gasteiger partial charge in [0.1, 0.15) is 18.1 Å². The first-order valence-electron chi connectivity index (χ1n) is 7.73. The minimum atomic E-state index is -0.979. The van der Waals surface area contributed by atoms with Gasteiger partial charge in [0.2, 0.25) is 5.82 Å². The number of nitro groups is 1. The zero-order valence-corrected chi connectivity index (χ0v) is 14.5. The van der Waals surface area contributed by atoms with Crippen LogP contribution in [0.2, 0.25) is 0 Å². The molecule has 0 aromatic heterocycles. The van der Waals surface area contributed by atoms with Crippen molar-refractivity contribution in [1.82, 2.24) is 0 Å². The van der Waals surface area contributed by atoms with Crippen molar-refractivity contribution in [3.63, 3.8) is 0 Å². The van der Waals surface area contributed by atoms with Gasteiger partial charge in [0.15, 0.2) is 6.10 Å². The molecule has 1 unspecified atom stereocenters. The number of benzene rings is 2. The Bertz CT molecular complexity index is 823. The Morgan fingerprint density at radius 3 is 2.65 bits per heavy atom. The topological polar surface area (TPSA) is 87.9 Å². The minimum Gasteiger partial charge on any atom is -0.489 e. The SMILES string of the molecule is COC(=O)C(C)Oc1cccc(C)c1COc1ccc([N+](=O)[O-])c(F)c1. The Balaban J connectivity index is 2.18. The summed E-state index contributed by atoms with van der Waals surface area (Å²) in [6.45, 7) is 3.43. The van der Waals surface area contributed by atoms with Gasteiger partial charge in [-0.2, -0.15) is 4.39 Å². The summed E-state index contributed by atoms with van der Waals surface area (Å²) in [7, 11) is 1.27. The summed E-state index contributed by atoms with van der Waals surface area (Å²) in [5.41, 5.74) is 0.896. The average Bonchev–Trinajstić information content (AvgIpc) is 2.60. The molecule has 0 N–H and O–H groups in total. The van der Waals surface area contributed by atoms with E-state index in [1.165, 1.54) is 13.2 Å². The summed E-state index contributed by atoms with van der Waals surface area (Å²) in [6, 6.07) is 8.60. The number of nitro benzene ring substituents is 1. The van der Waals surface area contributed by atoms with Crippen molar-refractivity contribution in [2.75, 3.05) is 7.11 Å². The fourth-order valence-corrected chi connectivity index (χ4v) is 2.26. The Labute approximate surface area is 149 Å². The minimum absolute atomic E-state index is 0.0349. The highest BCUT2D eigenvalue weighted by Crippen LogP contribution is 2.27. The van der Waals surface area contributed by atoms with Crippen LogP contribution in [0.1, 0.15) is 18.1 Å². The van der Waals surface area contributed by atoms with E-state index >= 15 is 0 Å². The molecule has 2 aromatic rings. The van der Waals surface area contributed by atoms with E-state index in [2.05, 4.69) is 4.74 Å². The van der Waals surface area contributed by atoms with Crippen molar-refractivity contribution in [1.29, 1.82) is 0 Å². The van der Waals surface area contributed by atoms with Gasteiger partial charge in [0, 0.05) is 17.7 Å². The van der Waals surface area contributed by atoms with Crippen LogP contribution in [0.15, 0.2) is 36.4 Å². The smallest absolute Gasteiger partial charge is 0.346 e. The summed E-state index contributed by atoms with van der Waals surface area (Å²) >= 11 is 0. The first kappa shape index (κ1) is 19.2. The van der Waals surface area contributed by atoms with E-state index in [0.29, 0.717) is 11.3 Å². The molecule has 1 atom stereocenters. The molecule has 0 saturated heterocycles. The molecule has 2 aromatic carbocycles.